The molecule has 0 spiro atoms. The number of aromatic nitrogens is 2. The molecule has 112 valence electrons. The summed E-state index contributed by atoms with van der Waals surface area (Å²) in [6.07, 6.45) is 2.02. The second-order valence-electron chi connectivity index (χ2n) is 5.72. The molecule has 2 heterocycles. The van der Waals surface area contributed by atoms with Crippen molar-refractivity contribution in [1.82, 2.24) is 9.38 Å². The maximum Gasteiger partial charge on any atom is 0.140 e. The first kappa shape index (κ1) is 14.7. The van der Waals surface area contributed by atoms with Crippen molar-refractivity contribution in [3.05, 3.63) is 59.4 Å². The van der Waals surface area contributed by atoms with Crippen LogP contribution in [0.2, 0.25) is 0 Å². The normalized spacial score (nSPS) is 12.5. The van der Waals surface area contributed by atoms with Crippen LogP contribution >= 0.6 is 12.2 Å². The fourth-order valence-corrected chi connectivity index (χ4v) is 2.81. The van der Waals surface area contributed by atoms with E-state index in [1.54, 1.807) is 0 Å². The van der Waals surface area contributed by atoms with E-state index < -0.39 is 0 Å². The minimum absolute atomic E-state index is 0.0388. The third kappa shape index (κ3) is 2.40. The summed E-state index contributed by atoms with van der Waals surface area (Å²) in [6.45, 7) is 6.18. The Bertz CT molecular complexity index is 847. The van der Waals surface area contributed by atoms with Crippen LogP contribution in [-0.2, 0) is 0 Å². The molecule has 2 N–H and O–H groups in total. The van der Waals surface area contributed by atoms with Gasteiger partial charge in [-0.2, -0.15) is 0 Å². The summed E-state index contributed by atoms with van der Waals surface area (Å²) in [7, 11) is 0. The molecule has 0 aliphatic rings. The summed E-state index contributed by atoms with van der Waals surface area (Å²) in [5.74, 6) is -0.0388. The monoisotopic (exact) mass is 309 g/mol. The summed E-state index contributed by atoms with van der Waals surface area (Å²) < 4.78 is 2.11. The number of fused-ring (bicyclic) bond motifs is 1. The van der Waals surface area contributed by atoms with E-state index in [-0.39, 0.29) is 5.92 Å². The van der Waals surface area contributed by atoms with E-state index in [4.69, 9.17) is 22.9 Å². The Morgan fingerprint density at radius 3 is 2.50 bits per heavy atom. The van der Waals surface area contributed by atoms with Crippen LogP contribution in [0.3, 0.4) is 0 Å². The molecular formula is C18H19N3S. The zero-order valence-corrected chi connectivity index (χ0v) is 13.8. The largest absolute Gasteiger partial charge is 0.393 e. The number of pyridine rings is 1. The molecular weight excluding hydrogens is 290 g/mol. The predicted octanol–water partition coefficient (Wildman–Crippen LogP) is 4.01. The van der Waals surface area contributed by atoms with Crippen LogP contribution in [0.1, 0.15) is 29.7 Å². The van der Waals surface area contributed by atoms with E-state index in [0.717, 1.165) is 28.2 Å². The fourth-order valence-electron chi connectivity index (χ4n) is 2.69. The molecule has 4 heteroatoms. The van der Waals surface area contributed by atoms with E-state index >= 15 is 0 Å². The zero-order valence-electron chi connectivity index (χ0n) is 13.0. The number of nitrogens with two attached hydrogens (primary N) is 1. The molecule has 0 aliphatic heterocycles. The molecule has 1 unspecified atom stereocenters. The van der Waals surface area contributed by atoms with Crippen molar-refractivity contribution in [1.29, 1.82) is 0 Å². The molecule has 0 amide bonds. The number of thiocarbonyl (C=S) groups is 1. The molecule has 2 aromatic heterocycles. The molecule has 0 saturated carbocycles. The molecule has 1 atom stereocenters. The van der Waals surface area contributed by atoms with Crippen LogP contribution < -0.4 is 5.73 Å². The van der Waals surface area contributed by atoms with Gasteiger partial charge in [0.1, 0.15) is 5.65 Å². The molecule has 0 bridgehead atoms. The van der Waals surface area contributed by atoms with Gasteiger partial charge in [0.15, 0.2) is 0 Å². The minimum atomic E-state index is -0.0388. The van der Waals surface area contributed by atoms with Gasteiger partial charge in [-0.05, 0) is 25.5 Å². The van der Waals surface area contributed by atoms with E-state index in [0.29, 0.717) is 4.99 Å². The summed E-state index contributed by atoms with van der Waals surface area (Å²) >= 11 is 5.23. The van der Waals surface area contributed by atoms with Gasteiger partial charge < -0.3 is 10.1 Å². The van der Waals surface area contributed by atoms with Crippen LogP contribution in [0.5, 0.6) is 0 Å². The second kappa shape index (κ2) is 5.54. The van der Waals surface area contributed by atoms with Crippen molar-refractivity contribution in [2.45, 2.75) is 26.7 Å². The third-order valence-corrected chi connectivity index (χ3v) is 4.40. The first-order chi connectivity index (χ1) is 10.5. The maximum absolute atomic E-state index is 5.92. The molecule has 0 fully saturated rings. The minimum Gasteiger partial charge on any atom is -0.393 e. The molecule has 0 aliphatic carbocycles. The van der Waals surface area contributed by atoms with Gasteiger partial charge in [0.2, 0.25) is 0 Å². The highest BCUT2D eigenvalue weighted by atomic mass is 32.1. The fraction of sp³-hybridized carbons (Fsp3) is 0.222. The van der Waals surface area contributed by atoms with Crippen molar-refractivity contribution >= 4 is 22.9 Å². The second-order valence-corrected chi connectivity index (χ2v) is 6.19. The number of aryl methyl sites for hydroxylation is 2. The average molecular weight is 309 g/mol. The number of imidazole rings is 1. The summed E-state index contributed by atoms with van der Waals surface area (Å²) in [4.78, 5) is 5.35. The Morgan fingerprint density at radius 1 is 1.18 bits per heavy atom. The Labute approximate surface area is 135 Å². The number of rotatable bonds is 3. The third-order valence-electron chi connectivity index (χ3n) is 4.04. The molecule has 22 heavy (non-hydrogen) atoms. The highest BCUT2D eigenvalue weighted by Gasteiger charge is 2.21. The van der Waals surface area contributed by atoms with Crippen LogP contribution in [0, 0.1) is 13.8 Å². The van der Waals surface area contributed by atoms with Gasteiger partial charge in [0.25, 0.3) is 0 Å². The van der Waals surface area contributed by atoms with E-state index in [9.17, 15) is 0 Å². The Balaban J connectivity index is 2.33. The Kier molecular flexibility index (Phi) is 3.71. The standard InChI is InChI=1S/C18H19N3S/c1-11-6-8-14(9-7-11)15-16(13(3)17(19)22)21-10-4-5-12(2)18(21)20-15/h4-10,13H,1-3H3,(H2,19,22). The highest BCUT2D eigenvalue weighted by molar-refractivity contribution is 7.80. The van der Waals surface area contributed by atoms with Crippen molar-refractivity contribution in [2.75, 3.05) is 0 Å². The predicted molar refractivity (Wildman–Crippen MR) is 95.3 cm³/mol. The Hall–Kier alpha value is -2.20. The van der Waals surface area contributed by atoms with Gasteiger partial charge in [-0.25, -0.2) is 4.98 Å². The van der Waals surface area contributed by atoms with Gasteiger partial charge in [-0.1, -0.05) is 55.0 Å². The van der Waals surface area contributed by atoms with Gasteiger partial charge in [-0.15, -0.1) is 0 Å². The highest BCUT2D eigenvalue weighted by Crippen LogP contribution is 2.31. The molecule has 3 rings (SSSR count). The lowest BCUT2D eigenvalue weighted by molar-refractivity contribution is 0.928. The number of nitrogens with zero attached hydrogens (tertiary/aromatic N) is 2. The lowest BCUT2D eigenvalue weighted by atomic mass is 10.0. The van der Waals surface area contributed by atoms with E-state index in [1.165, 1.54) is 5.56 Å². The summed E-state index contributed by atoms with van der Waals surface area (Å²) in [5, 5.41) is 0. The zero-order chi connectivity index (χ0) is 15.9. The number of hydrogen-bond acceptors (Lipinski definition) is 2. The molecule has 0 saturated heterocycles. The summed E-state index contributed by atoms with van der Waals surface area (Å²) in [6, 6.07) is 12.5. The van der Waals surface area contributed by atoms with Crippen LogP contribution in [0.15, 0.2) is 42.6 Å². The quantitative estimate of drug-likeness (QED) is 0.743. The van der Waals surface area contributed by atoms with Gasteiger partial charge in [0.05, 0.1) is 16.4 Å². The van der Waals surface area contributed by atoms with Gasteiger partial charge in [-0.3, -0.25) is 0 Å². The van der Waals surface area contributed by atoms with Gasteiger partial charge in [0, 0.05) is 17.7 Å². The van der Waals surface area contributed by atoms with Crippen molar-refractivity contribution < 1.29 is 0 Å². The van der Waals surface area contributed by atoms with Crippen molar-refractivity contribution in [2.24, 2.45) is 5.73 Å². The van der Waals surface area contributed by atoms with Gasteiger partial charge >= 0.3 is 0 Å². The lowest BCUT2D eigenvalue weighted by Crippen LogP contribution is -2.18. The first-order valence-corrected chi connectivity index (χ1v) is 7.74. The molecule has 1 aromatic carbocycles. The van der Waals surface area contributed by atoms with Crippen LogP contribution in [0.25, 0.3) is 16.9 Å². The topological polar surface area (TPSA) is 43.3 Å². The van der Waals surface area contributed by atoms with Crippen LogP contribution in [-0.4, -0.2) is 14.4 Å². The number of benzene rings is 1. The first-order valence-electron chi connectivity index (χ1n) is 7.33. The molecule has 3 nitrogen and oxygen atoms in total. The SMILES string of the molecule is Cc1ccc(-c2nc3c(C)cccn3c2C(C)C(N)=S)cc1. The maximum atomic E-state index is 5.92. The van der Waals surface area contributed by atoms with Crippen molar-refractivity contribution in [3.63, 3.8) is 0 Å². The lowest BCUT2D eigenvalue weighted by Gasteiger charge is -2.12. The molecule has 0 radical (unpaired) electrons. The van der Waals surface area contributed by atoms with E-state index in [1.807, 2.05) is 19.2 Å². The number of hydrogen-bond donors (Lipinski definition) is 1. The summed E-state index contributed by atoms with van der Waals surface area (Å²) in [5.41, 5.74) is 12.3. The van der Waals surface area contributed by atoms with Crippen molar-refractivity contribution in [3.8, 4) is 11.3 Å². The van der Waals surface area contributed by atoms with E-state index in [2.05, 4.69) is 48.6 Å². The smallest absolute Gasteiger partial charge is 0.140 e. The Morgan fingerprint density at radius 2 is 1.86 bits per heavy atom. The average Bonchev–Trinajstić information content (AvgIpc) is 2.88. The molecule has 3 aromatic rings. The van der Waals surface area contributed by atoms with Crippen LogP contribution in [0.4, 0.5) is 0 Å².